The molecule has 7 heteroatoms. The molecule has 0 saturated carbocycles. The van der Waals surface area contributed by atoms with Crippen molar-refractivity contribution in [2.75, 3.05) is 27.3 Å². The topological polar surface area (TPSA) is 42.0 Å². The van der Waals surface area contributed by atoms with Crippen LogP contribution >= 0.6 is 27.5 Å². The molecule has 1 amide bonds. The van der Waals surface area contributed by atoms with Gasteiger partial charge < -0.3 is 14.4 Å². The predicted molar refractivity (Wildman–Crippen MR) is 129 cm³/mol. The lowest BCUT2D eigenvalue weighted by Gasteiger charge is -2.44. The highest BCUT2D eigenvalue weighted by atomic mass is 79.9. The smallest absolute Gasteiger partial charge is 0.246 e. The summed E-state index contributed by atoms with van der Waals surface area (Å²) in [6.45, 7) is 6.62. The fourth-order valence-electron chi connectivity index (χ4n) is 3.85. The molecule has 166 valence electrons. The maximum atomic E-state index is 12.9. The van der Waals surface area contributed by atoms with Crippen molar-refractivity contribution < 1.29 is 14.3 Å². The minimum absolute atomic E-state index is 0.0106. The first-order valence-electron chi connectivity index (χ1n) is 10.2. The third-order valence-corrected chi connectivity index (χ3v) is 6.41. The average molecular weight is 508 g/mol. The summed E-state index contributed by atoms with van der Waals surface area (Å²) in [5.74, 6) is 1.25. The molecule has 2 aromatic rings. The Bertz CT molecular complexity index is 949. The number of halogens is 2. The van der Waals surface area contributed by atoms with Crippen molar-refractivity contribution in [3.05, 3.63) is 63.1 Å². The maximum Gasteiger partial charge on any atom is 0.246 e. The van der Waals surface area contributed by atoms with Gasteiger partial charge in [0.05, 0.1) is 18.7 Å². The fourth-order valence-corrected chi connectivity index (χ4v) is 4.59. The van der Waals surface area contributed by atoms with Gasteiger partial charge >= 0.3 is 0 Å². The molecule has 2 aromatic carbocycles. The standard InChI is InChI=1S/C24H28BrClN2O3/c1-16-14-28(17(2)13-27(16)15-18-5-8-20(26)9-6-18)23(29)10-7-19-11-21(25)24(31-4)22(12-19)30-3/h5-12,16-17H,13-15H2,1-4H3/b10-7+/t16-,17+/m0/s1. The Morgan fingerprint density at radius 3 is 2.48 bits per heavy atom. The third kappa shape index (κ3) is 5.82. The monoisotopic (exact) mass is 506 g/mol. The number of benzene rings is 2. The summed E-state index contributed by atoms with van der Waals surface area (Å²) in [5, 5.41) is 0.744. The Morgan fingerprint density at radius 2 is 1.84 bits per heavy atom. The van der Waals surface area contributed by atoms with Crippen molar-refractivity contribution in [2.24, 2.45) is 0 Å². The first-order chi connectivity index (χ1) is 14.8. The van der Waals surface area contributed by atoms with Crippen LogP contribution in [0.4, 0.5) is 0 Å². The van der Waals surface area contributed by atoms with E-state index in [-0.39, 0.29) is 18.0 Å². The number of piperazine rings is 1. The van der Waals surface area contributed by atoms with E-state index in [1.807, 2.05) is 35.2 Å². The molecule has 5 nitrogen and oxygen atoms in total. The van der Waals surface area contributed by atoms with Crippen molar-refractivity contribution >= 4 is 39.5 Å². The van der Waals surface area contributed by atoms with E-state index in [0.29, 0.717) is 18.0 Å². The molecule has 1 fully saturated rings. The number of methoxy groups -OCH3 is 2. The number of amides is 1. The number of nitrogens with zero attached hydrogens (tertiary/aromatic N) is 2. The molecular weight excluding hydrogens is 480 g/mol. The molecule has 0 aromatic heterocycles. The summed E-state index contributed by atoms with van der Waals surface area (Å²) in [4.78, 5) is 17.3. The Morgan fingerprint density at radius 1 is 1.13 bits per heavy atom. The van der Waals surface area contributed by atoms with E-state index in [1.54, 1.807) is 20.3 Å². The summed E-state index contributed by atoms with van der Waals surface area (Å²) < 4.78 is 11.5. The van der Waals surface area contributed by atoms with Crippen LogP contribution in [0, 0.1) is 0 Å². The maximum absolute atomic E-state index is 12.9. The van der Waals surface area contributed by atoms with Crippen molar-refractivity contribution in [2.45, 2.75) is 32.5 Å². The van der Waals surface area contributed by atoms with Crippen LogP contribution in [-0.2, 0) is 11.3 Å². The molecule has 0 unspecified atom stereocenters. The van der Waals surface area contributed by atoms with Gasteiger partial charge in [-0.3, -0.25) is 9.69 Å². The number of hydrogen-bond donors (Lipinski definition) is 0. The second kappa shape index (κ2) is 10.5. The predicted octanol–water partition coefficient (Wildman–Crippen LogP) is 5.25. The Hall–Kier alpha value is -2.02. The number of carbonyl (C=O) groups is 1. The van der Waals surface area contributed by atoms with Gasteiger partial charge in [0.2, 0.25) is 5.91 Å². The van der Waals surface area contributed by atoms with Gasteiger partial charge in [-0.2, -0.15) is 0 Å². The summed E-state index contributed by atoms with van der Waals surface area (Å²) in [5.41, 5.74) is 2.09. The van der Waals surface area contributed by atoms with Gasteiger partial charge in [-0.1, -0.05) is 23.7 Å². The molecule has 0 spiro atoms. The lowest BCUT2D eigenvalue weighted by Crippen LogP contribution is -2.57. The minimum atomic E-state index is 0.0106. The van der Waals surface area contributed by atoms with Crippen LogP contribution in [0.1, 0.15) is 25.0 Å². The largest absolute Gasteiger partial charge is 0.493 e. The third-order valence-electron chi connectivity index (χ3n) is 5.57. The lowest BCUT2D eigenvalue weighted by molar-refractivity contribution is -0.131. The molecule has 1 aliphatic heterocycles. The summed E-state index contributed by atoms with van der Waals surface area (Å²) in [7, 11) is 3.19. The van der Waals surface area contributed by atoms with E-state index in [1.165, 1.54) is 5.56 Å². The normalized spacial score (nSPS) is 19.6. The van der Waals surface area contributed by atoms with Crippen LogP contribution < -0.4 is 9.47 Å². The molecule has 0 bridgehead atoms. The molecule has 1 aliphatic rings. The van der Waals surface area contributed by atoms with Crippen molar-refractivity contribution in [1.29, 1.82) is 0 Å². The van der Waals surface area contributed by atoms with E-state index in [4.69, 9.17) is 21.1 Å². The molecule has 1 heterocycles. The van der Waals surface area contributed by atoms with E-state index in [0.717, 1.165) is 28.1 Å². The number of rotatable bonds is 6. The zero-order valence-corrected chi connectivity index (χ0v) is 20.6. The lowest BCUT2D eigenvalue weighted by atomic mass is 10.1. The summed E-state index contributed by atoms with van der Waals surface area (Å²) in [6.07, 6.45) is 3.44. The first-order valence-corrected chi connectivity index (χ1v) is 11.4. The van der Waals surface area contributed by atoms with Crippen molar-refractivity contribution in [3.63, 3.8) is 0 Å². The number of ether oxygens (including phenoxy) is 2. The highest BCUT2D eigenvalue weighted by molar-refractivity contribution is 9.10. The SMILES string of the molecule is COc1cc(/C=C/C(=O)N2C[C@H](C)N(Cc3ccc(Cl)cc3)C[C@H]2C)cc(Br)c1OC. The zero-order valence-electron chi connectivity index (χ0n) is 18.3. The van der Waals surface area contributed by atoms with E-state index in [2.05, 4.69) is 46.8 Å². The second-order valence-corrected chi connectivity index (χ2v) is 9.11. The van der Waals surface area contributed by atoms with Crippen LogP contribution in [0.5, 0.6) is 11.5 Å². The molecular formula is C24H28BrClN2O3. The molecule has 31 heavy (non-hydrogen) atoms. The Labute approximate surface area is 197 Å². The van der Waals surface area contributed by atoms with Gasteiger partial charge in [-0.25, -0.2) is 0 Å². The van der Waals surface area contributed by atoms with Crippen LogP contribution in [0.2, 0.25) is 5.02 Å². The molecule has 1 saturated heterocycles. The molecule has 2 atom stereocenters. The summed E-state index contributed by atoms with van der Waals surface area (Å²) in [6, 6.07) is 12.1. The van der Waals surface area contributed by atoms with Crippen molar-refractivity contribution in [3.8, 4) is 11.5 Å². The number of hydrogen-bond acceptors (Lipinski definition) is 4. The minimum Gasteiger partial charge on any atom is -0.493 e. The van der Waals surface area contributed by atoms with Gasteiger partial charge in [0.25, 0.3) is 0 Å². The zero-order chi connectivity index (χ0) is 22.5. The average Bonchev–Trinajstić information content (AvgIpc) is 2.75. The fraction of sp³-hybridized carbons (Fsp3) is 0.375. The van der Waals surface area contributed by atoms with Gasteiger partial charge in [0.1, 0.15) is 0 Å². The van der Waals surface area contributed by atoms with Crippen LogP contribution in [0.3, 0.4) is 0 Å². The molecule has 0 N–H and O–H groups in total. The molecule has 0 radical (unpaired) electrons. The van der Waals surface area contributed by atoms with Gasteiger partial charge in [-0.05, 0) is 71.2 Å². The van der Waals surface area contributed by atoms with E-state index >= 15 is 0 Å². The van der Waals surface area contributed by atoms with E-state index < -0.39 is 0 Å². The summed E-state index contributed by atoms with van der Waals surface area (Å²) >= 11 is 9.49. The van der Waals surface area contributed by atoms with Gasteiger partial charge in [0.15, 0.2) is 11.5 Å². The van der Waals surface area contributed by atoms with Crippen molar-refractivity contribution in [1.82, 2.24) is 9.80 Å². The quantitative estimate of drug-likeness (QED) is 0.501. The molecule has 0 aliphatic carbocycles. The highest BCUT2D eigenvalue weighted by Crippen LogP contribution is 2.36. The van der Waals surface area contributed by atoms with Crippen LogP contribution in [0.15, 0.2) is 46.9 Å². The highest BCUT2D eigenvalue weighted by Gasteiger charge is 2.31. The molecule has 3 rings (SSSR count). The Kier molecular flexibility index (Phi) is 8.03. The van der Waals surface area contributed by atoms with E-state index in [9.17, 15) is 4.79 Å². The Balaban J connectivity index is 1.66. The number of carbonyl (C=O) groups excluding carboxylic acids is 1. The van der Waals surface area contributed by atoms with Gasteiger partial charge in [0, 0.05) is 42.8 Å². The van der Waals surface area contributed by atoms with Crippen LogP contribution in [-0.4, -0.2) is 55.1 Å². The van der Waals surface area contributed by atoms with Crippen LogP contribution in [0.25, 0.3) is 6.08 Å². The second-order valence-electron chi connectivity index (χ2n) is 7.82. The first kappa shape index (κ1) is 23.6. The van der Waals surface area contributed by atoms with Gasteiger partial charge in [-0.15, -0.1) is 0 Å².